The zero-order chi connectivity index (χ0) is 13.5. The van der Waals surface area contributed by atoms with Crippen LogP contribution in [0.15, 0.2) is 12.1 Å². The van der Waals surface area contributed by atoms with E-state index in [2.05, 4.69) is 21.0 Å². The van der Waals surface area contributed by atoms with Crippen molar-refractivity contribution < 1.29 is 9.72 Å². The van der Waals surface area contributed by atoms with Gasteiger partial charge in [0.1, 0.15) is 5.82 Å². The van der Waals surface area contributed by atoms with E-state index in [1.54, 1.807) is 0 Å². The fourth-order valence-corrected chi connectivity index (χ4v) is 1.18. The lowest BCUT2D eigenvalue weighted by molar-refractivity contribution is -0.384. The predicted molar refractivity (Wildman–Crippen MR) is 64.8 cm³/mol. The molecule has 18 heavy (non-hydrogen) atoms. The molecule has 10 heteroatoms. The van der Waals surface area contributed by atoms with Crippen molar-refractivity contribution in [3.63, 3.8) is 0 Å². The molecule has 0 aliphatic rings. The summed E-state index contributed by atoms with van der Waals surface area (Å²) < 4.78 is 0. The van der Waals surface area contributed by atoms with Crippen molar-refractivity contribution in [3.05, 3.63) is 22.2 Å². The van der Waals surface area contributed by atoms with Crippen molar-refractivity contribution in [1.82, 2.24) is 10.3 Å². The molecule has 0 saturated carbocycles. The molecule has 0 atom stereocenters. The van der Waals surface area contributed by atoms with Crippen molar-refractivity contribution in [3.8, 4) is 0 Å². The van der Waals surface area contributed by atoms with E-state index >= 15 is 0 Å². The van der Waals surface area contributed by atoms with Gasteiger partial charge in [-0.3, -0.25) is 10.1 Å². The number of carbonyl (C=O) groups is 1. The fraction of sp³-hybridized carbons (Fsp3) is 0.250. The van der Waals surface area contributed by atoms with Crippen LogP contribution in [0.4, 0.5) is 22.1 Å². The molecule has 0 aromatic carbocycles. The molecule has 0 unspecified atom stereocenters. The number of anilines is 2. The molecular weight excluding hydrogens is 242 g/mol. The van der Waals surface area contributed by atoms with E-state index in [1.165, 1.54) is 12.1 Å². The van der Waals surface area contributed by atoms with Gasteiger partial charge in [0, 0.05) is 19.2 Å². The summed E-state index contributed by atoms with van der Waals surface area (Å²) in [4.78, 5) is 24.5. The first-order valence-electron chi connectivity index (χ1n) is 4.94. The maximum atomic E-state index is 10.7. The average Bonchev–Trinajstić information content (AvgIpc) is 2.33. The van der Waals surface area contributed by atoms with Crippen molar-refractivity contribution >= 4 is 23.4 Å². The predicted octanol–water partition coefficient (Wildman–Crippen LogP) is -0.644. The minimum atomic E-state index is -0.670. The number of nitrogens with two attached hydrogens (primary N) is 2. The molecule has 0 aliphatic heterocycles. The summed E-state index contributed by atoms with van der Waals surface area (Å²) in [6, 6.07) is 1.98. The van der Waals surface area contributed by atoms with Gasteiger partial charge in [0.2, 0.25) is 5.82 Å². The van der Waals surface area contributed by atoms with Crippen LogP contribution in [0.25, 0.3) is 0 Å². The smallest absolute Gasteiger partial charge is 0.312 e. The van der Waals surface area contributed by atoms with Gasteiger partial charge in [-0.1, -0.05) is 0 Å². The van der Waals surface area contributed by atoms with Crippen LogP contribution in [0.5, 0.6) is 0 Å². The normalized spacial score (nSPS) is 9.61. The molecule has 0 saturated heterocycles. The van der Waals surface area contributed by atoms with Crippen LogP contribution >= 0.6 is 0 Å². The quantitative estimate of drug-likeness (QED) is 0.195. The van der Waals surface area contributed by atoms with Gasteiger partial charge in [0.15, 0.2) is 0 Å². The van der Waals surface area contributed by atoms with Gasteiger partial charge in [-0.15, -0.1) is 0 Å². The van der Waals surface area contributed by atoms with Crippen LogP contribution in [0, 0.1) is 10.1 Å². The number of carbonyl (C=O) groups excluding carboxylic acids is 1. The van der Waals surface area contributed by atoms with Crippen LogP contribution in [0.3, 0.4) is 0 Å². The summed E-state index contributed by atoms with van der Waals surface area (Å²) in [5.74, 6) is 5.50. The van der Waals surface area contributed by atoms with Crippen molar-refractivity contribution in [2.24, 2.45) is 11.6 Å². The molecule has 10 nitrogen and oxygen atoms in total. The molecule has 7 N–H and O–H groups in total. The van der Waals surface area contributed by atoms with Crippen molar-refractivity contribution in [2.45, 2.75) is 0 Å². The molecule has 0 fully saturated rings. The second-order valence-electron chi connectivity index (χ2n) is 3.18. The number of aromatic nitrogens is 1. The second-order valence-corrected chi connectivity index (χ2v) is 3.18. The Labute approximate surface area is 102 Å². The van der Waals surface area contributed by atoms with Gasteiger partial charge in [-0.2, -0.15) is 0 Å². The average molecular weight is 255 g/mol. The first-order valence-corrected chi connectivity index (χ1v) is 4.94. The van der Waals surface area contributed by atoms with Gasteiger partial charge < -0.3 is 21.8 Å². The third kappa shape index (κ3) is 3.75. The summed E-state index contributed by atoms with van der Waals surface area (Å²) in [7, 11) is 0. The Morgan fingerprint density at radius 1 is 1.44 bits per heavy atom. The number of nitrogen functional groups attached to an aromatic ring is 1. The summed E-state index contributed by atoms with van der Waals surface area (Å²) in [6.45, 7) is 0.458. The first-order chi connectivity index (χ1) is 8.54. The zero-order valence-corrected chi connectivity index (χ0v) is 9.34. The molecule has 1 aromatic rings. The maximum Gasteiger partial charge on any atom is 0.312 e. The van der Waals surface area contributed by atoms with Gasteiger partial charge >= 0.3 is 11.7 Å². The number of pyridine rings is 1. The van der Waals surface area contributed by atoms with E-state index in [1.807, 2.05) is 0 Å². The highest BCUT2D eigenvalue weighted by atomic mass is 16.6. The Morgan fingerprint density at radius 3 is 2.72 bits per heavy atom. The van der Waals surface area contributed by atoms with E-state index < -0.39 is 11.0 Å². The van der Waals surface area contributed by atoms with Gasteiger partial charge in [-0.25, -0.2) is 15.6 Å². The monoisotopic (exact) mass is 255 g/mol. The summed E-state index contributed by atoms with van der Waals surface area (Å²) in [6.07, 6.45) is 0. The number of primary amides is 1. The van der Waals surface area contributed by atoms with Gasteiger partial charge in [-0.05, 0) is 6.07 Å². The number of hydrogen-bond donors (Lipinski definition) is 5. The molecule has 0 bridgehead atoms. The fourth-order valence-electron chi connectivity index (χ4n) is 1.18. The number of nitro groups is 1. The van der Waals surface area contributed by atoms with E-state index in [0.717, 1.165) is 0 Å². The first kappa shape index (κ1) is 13.4. The number of amides is 2. The summed E-state index contributed by atoms with van der Waals surface area (Å²) >= 11 is 0. The lowest BCUT2D eigenvalue weighted by Gasteiger charge is -2.08. The van der Waals surface area contributed by atoms with Crippen molar-refractivity contribution in [1.29, 1.82) is 0 Å². The molecule has 0 aliphatic carbocycles. The molecule has 2 amide bonds. The van der Waals surface area contributed by atoms with Crippen LogP contribution in [0.1, 0.15) is 0 Å². The summed E-state index contributed by atoms with van der Waals surface area (Å²) in [5, 5.41) is 15.8. The molecule has 0 radical (unpaired) electrons. The number of nitrogens with one attached hydrogen (secondary N) is 3. The third-order valence-corrected chi connectivity index (χ3v) is 1.94. The molecule has 1 rings (SSSR count). The molecular formula is C8H13N7O3. The standard InChI is InChI=1S/C8H13N7O3/c9-8(16)12-4-3-11-7-5(15(17)18)1-2-6(13-7)14-10/h1-2H,3-4,10H2,(H3,9,12,16)(H2,11,13,14). The Hall–Kier alpha value is -2.62. The van der Waals surface area contributed by atoms with Crippen LogP contribution in [-0.2, 0) is 0 Å². The molecule has 0 spiro atoms. The van der Waals surface area contributed by atoms with Crippen molar-refractivity contribution in [2.75, 3.05) is 23.8 Å². The highest BCUT2D eigenvalue weighted by molar-refractivity contribution is 5.71. The number of urea groups is 1. The SMILES string of the molecule is NNc1ccc([N+](=O)[O-])c(NCCNC(N)=O)n1. The minimum absolute atomic E-state index is 0.0571. The van der Waals surface area contributed by atoms with E-state index in [-0.39, 0.29) is 30.4 Å². The number of rotatable bonds is 6. The Kier molecular flexibility index (Phi) is 4.63. The third-order valence-electron chi connectivity index (χ3n) is 1.94. The molecule has 98 valence electrons. The maximum absolute atomic E-state index is 10.7. The largest absolute Gasteiger partial charge is 0.363 e. The molecule has 1 heterocycles. The highest BCUT2D eigenvalue weighted by Gasteiger charge is 2.15. The molecule has 1 aromatic heterocycles. The number of nitrogens with zero attached hydrogens (tertiary/aromatic N) is 2. The van der Waals surface area contributed by atoms with Crippen LogP contribution < -0.4 is 27.6 Å². The lowest BCUT2D eigenvalue weighted by atomic mass is 10.3. The van der Waals surface area contributed by atoms with Gasteiger partial charge in [0.25, 0.3) is 0 Å². The van der Waals surface area contributed by atoms with Gasteiger partial charge in [0.05, 0.1) is 4.92 Å². The lowest BCUT2D eigenvalue weighted by Crippen LogP contribution is -2.33. The minimum Gasteiger partial charge on any atom is -0.363 e. The number of hydrazine groups is 1. The highest BCUT2D eigenvalue weighted by Crippen LogP contribution is 2.23. The van der Waals surface area contributed by atoms with E-state index in [4.69, 9.17) is 11.6 Å². The zero-order valence-electron chi connectivity index (χ0n) is 9.34. The topological polar surface area (TPSA) is 161 Å². The Balaban J connectivity index is 2.71. The second kappa shape index (κ2) is 6.20. The number of hydrogen-bond acceptors (Lipinski definition) is 7. The Morgan fingerprint density at radius 2 is 2.17 bits per heavy atom. The van der Waals surface area contributed by atoms with Crippen LogP contribution in [-0.4, -0.2) is 29.0 Å². The van der Waals surface area contributed by atoms with E-state index in [9.17, 15) is 14.9 Å². The summed E-state index contributed by atoms with van der Waals surface area (Å²) in [5.41, 5.74) is 6.96. The van der Waals surface area contributed by atoms with Crippen LogP contribution in [0.2, 0.25) is 0 Å². The van der Waals surface area contributed by atoms with E-state index in [0.29, 0.717) is 0 Å². The Bertz CT molecular complexity index is 450.